The number of nitrogens with one attached hydrogen (secondary N) is 2. The van der Waals surface area contributed by atoms with E-state index in [9.17, 15) is 8.42 Å². The Kier molecular flexibility index (Phi) is 9.73. The fourth-order valence-electron chi connectivity index (χ4n) is 3.37. The molecular formula is C21H37N5O2S. The Bertz CT molecular complexity index is 716. The van der Waals surface area contributed by atoms with Crippen LogP contribution in [0.4, 0.5) is 5.69 Å². The highest BCUT2D eigenvalue weighted by Crippen LogP contribution is 2.15. The Hall–Kier alpha value is -1.80. The maximum Gasteiger partial charge on any atom is 0.191 e. The molecule has 1 saturated heterocycles. The molecule has 1 aromatic carbocycles. The molecule has 8 heteroatoms. The maximum atomic E-state index is 11.3. The SMILES string of the molecule is CCNC(=NCCCN1CCN(c2ccccc2)CC1)NC(C)CCS(C)(=O)=O. The number of benzene rings is 1. The molecule has 2 rings (SSSR count). The van der Waals surface area contributed by atoms with E-state index in [0.717, 1.165) is 58.2 Å². The van der Waals surface area contributed by atoms with Gasteiger partial charge in [0.05, 0.1) is 5.75 Å². The normalized spacial score (nSPS) is 17.2. The number of guanidine groups is 1. The van der Waals surface area contributed by atoms with Gasteiger partial charge in [0.1, 0.15) is 9.84 Å². The summed E-state index contributed by atoms with van der Waals surface area (Å²) < 4.78 is 22.7. The molecule has 1 aromatic rings. The van der Waals surface area contributed by atoms with E-state index in [1.807, 2.05) is 13.8 Å². The molecule has 0 saturated carbocycles. The topological polar surface area (TPSA) is 77.0 Å². The van der Waals surface area contributed by atoms with E-state index in [-0.39, 0.29) is 11.8 Å². The van der Waals surface area contributed by atoms with E-state index in [0.29, 0.717) is 6.42 Å². The zero-order chi connectivity index (χ0) is 21.1. The molecule has 7 nitrogen and oxygen atoms in total. The highest BCUT2D eigenvalue weighted by atomic mass is 32.2. The number of hydrogen-bond donors (Lipinski definition) is 2. The van der Waals surface area contributed by atoms with Crippen LogP contribution in [-0.4, -0.2) is 83.1 Å². The molecule has 1 fully saturated rings. The van der Waals surface area contributed by atoms with Crippen molar-refractivity contribution in [1.82, 2.24) is 15.5 Å². The summed E-state index contributed by atoms with van der Waals surface area (Å²) in [5.41, 5.74) is 1.31. The molecule has 1 unspecified atom stereocenters. The number of hydrogen-bond acceptors (Lipinski definition) is 5. The second-order valence-corrected chi connectivity index (χ2v) is 10.0. The van der Waals surface area contributed by atoms with Crippen molar-refractivity contribution in [2.75, 3.05) is 62.7 Å². The van der Waals surface area contributed by atoms with Gasteiger partial charge in [-0.05, 0) is 38.8 Å². The van der Waals surface area contributed by atoms with Crippen molar-refractivity contribution in [3.8, 4) is 0 Å². The first-order chi connectivity index (χ1) is 13.9. The van der Waals surface area contributed by atoms with Crippen LogP contribution in [0.1, 0.15) is 26.7 Å². The third-order valence-electron chi connectivity index (χ3n) is 5.04. The van der Waals surface area contributed by atoms with E-state index in [1.54, 1.807) is 0 Å². The number of aliphatic imine (C=N–C) groups is 1. The summed E-state index contributed by atoms with van der Waals surface area (Å²) in [5, 5.41) is 6.55. The Balaban J connectivity index is 1.69. The first kappa shape index (κ1) is 23.5. The summed E-state index contributed by atoms with van der Waals surface area (Å²) in [4.78, 5) is 9.60. The second-order valence-electron chi connectivity index (χ2n) is 7.74. The zero-order valence-electron chi connectivity index (χ0n) is 18.1. The van der Waals surface area contributed by atoms with E-state index >= 15 is 0 Å². The van der Waals surface area contributed by atoms with Crippen molar-refractivity contribution in [3.05, 3.63) is 30.3 Å². The van der Waals surface area contributed by atoms with Crippen molar-refractivity contribution in [2.45, 2.75) is 32.7 Å². The van der Waals surface area contributed by atoms with Crippen LogP contribution in [0, 0.1) is 0 Å². The minimum atomic E-state index is -2.93. The molecule has 0 radical (unpaired) electrons. The quantitative estimate of drug-likeness (QED) is 0.338. The van der Waals surface area contributed by atoms with Gasteiger partial charge in [0, 0.05) is 63.8 Å². The number of sulfone groups is 1. The van der Waals surface area contributed by atoms with E-state index in [4.69, 9.17) is 0 Å². The first-order valence-electron chi connectivity index (χ1n) is 10.6. The van der Waals surface area contributed by atoms with Crippen LogP contribution in [0.5, 0.6) is 0 Å². The van der Waals surface area contributed by atoms with Crippen LogP contribution >= 0.6 is 0 Å². The standard InChI is InChI=1S/C21H37N5O2S/c1-4-22-21(24-19(2)11-18-29(3,27)28)23-12-8-13-25-14-16-26(17-15-25)20-9-6-5-7-10-20/h5-7,9-10,19H,4,8,11-18H2,1-3H3,(H2,22,23,24). The Morgan fingerprint density at radius 1 is 1.17 bits per heavy atom. The van der Waals surface area contributed by atoms with Gasteiger partial charge in [-0.3, -0.25) is 9.89 Å². The highest BCUT2D eigenvalue weighted by Gasteiger charge is 2.16. The molecule has 0 spiro atoms. The molecule has 0 aliphatic carbocycles. The summed E-state index contributed by atoms with van der Waals surface area (Å²) >= 11 is 0. The minimum Gasteiger partial charge on any atom is -0.369 e. The summed E-state index contributed by atoms with van der Waals surface area (Å²) in [7, 11) is -2.93. The fourth-order valence-corrected chi connectivity index (χ4v) is 4.15. The predicted molar refractivity (Wildman–Crippen MR) is 123 cm³/mol. The number of nitrogens with zero attached hydrogens (tertiary/aromatic N) is 3. The zero-order valence-corrected chi connectivity index (χ0v) is 18.9. The molecular weight excluding hydrogens is 386 g/mol. The lowest BCUT2D eigenvalue weighted by atomic mass is 10.2. The number of rotatable bonds is 10. The minimum absolute atomic E-state index is 0.0635. The van der Waals surface area contributed by atoms with Gasteiger partial charge >= 0.3 is 0 Å². The van der Waals surface area contributed by atoms with Gasteiger partial charge in [-0.15, -0.1) is 0 Å². The highest BCUT2D eigenvalue weighted by molar-refractivity contribution is 7.90. The molecule has 1 aliphatic rings. The molecule has 1 aliphatic heterocycles. The molecule has 0 amide bonds. The van der Waals surface area contributed by atoms with Crippen molar-refractivity contribution < 1.29 is 8.42 Å². The van der Waals surface area contributed by atoms with Gasteiger partial charge in [0.15, 0.2) is 5.96 Å². The number of anilines is 1. The van der Waals surface area contributed by atoms with Crippen molar-refractivity contribution in [2.24, 2.45) is 4.99 Å². The first-order valence-corrected chi connectivity index (χ1v) is 12.7. The molecule has 1 heterocycles. The molecule has 164 valence electrons. The number of para-hydroxylation sites is 1. The van der Waals surface area contributed by atoms with Crippen LogP contribution in [-0.2, 0) is 9.84 Å². The summed E-state index contributed by atoms with van der Waals surface area (Å²) in [6, 6.07) is 10.7. The lowest BCUT2D eigenvalue weighted by Gasteiger charge is -2.36. The van der Waals surface area contributed by atoms with Gasteiger partial charge < -0.3 is 15.5 Å². The fraction of sp³-hybridized carbons (Fsp3) is 0.667. The molecule has 0 bridgehead atoms. The summed E-state index contributed by atoms with van der Waals surface area (Å²) in [6.07, 6.45) is 2.87. The average Bonchev–Trinajstić information content (AvgIpc) is 2.70. The van der Waals surface area contributed by atoms with Crippen LogP contribution in [0.2, 0.25) is 0 Å². The van der Waals surface area contributed by atoms with Crippen molar-refractivity contribution in [3.63, 3.8) is 0 Å². The third kappa shape index (κ3) is 9.49. The summed E-state index contributed by atoms with van der Waals surface area (Å²) in [5.74, 6) is 0.956. The maximum absolute atomic E-state index is 11.3. The Labute approximate surface area is 176 Å². The van der Waals surface area contributed by atoms with E-state index in [2.05, 4.69) is 55.8 Å². The van der Waals surface area contributed by atoms with Crippen LogP contribution < -0.4 is 15.5 Å². The van der Waals surface area contributed by atoms with Crippen LogP contribution in [0.25, 0.3) is 0 Å². The van der Waals surface area contributed by atoms with Gasteiger partial charge in [-0.25, -0.2) is 8.42 Å². The van der Waals surface area contributed by atoms with E-state index in [1.165, 1.54) is 11.9 Å². The Morgan fingerprint density at radius 2 is 1.86 bits per heavy atom. The molecule has 29 heavy (non-hydrogen) atoms. The van der Waals surface area contributed by atoms with Gasteiger partial charge in [-0.2, -0.15) is 0 Å². The van der Waals surface area contributed by atoms with Gasteiger partial charge in [-0.1, -0.05) is 18.2 Å². The lowest BCUT2D eigenvalue weighted by molar-refractivity contribution is 0.256. The third-order valence-corrected chi connectivity index (χ3v) is 6.02. The summed E-state index contributed by atoms with van der Waals surface area (Å²) in [6.45, 7) is 10.9. The Morgan fingerprint density at radius 3 is 2.48 bits per heavy atom. The lowest BCUT2D eigenvalue weighted by Crippen LogP contribution is -2.46. The van der Waals surface area contributed by atoms with Gasteiger partial charge in [0.25, 0.3) is 0 Å². The second kappa shape index (κ2) is 12.0. The molecule has 0 aromatic heterocycles. The number of piperazine rings is 1. The molecule has 2 N–H and O–H groups in total. The largest absolute Gasteiger partial charge is 0.369 e. The van der Waals surface area contributed by atoms with Crippen LogP contribution in [0.3, 0.4) is 0 Å². The smallest absolute Gasteiger partial charge is 0.191 e. The predicted octanol–water partition coefficient (Wildman–Crippen LogP) is 1.58. The average molecular weight is 424 g/mol. The molecule has 1 atom stereocenters. The van der Waals surface area contributed by atoms with Crippen molar-refractivity contribution >= 4 is 21.5 Å². The van der Waals surface area contributed by atoms with Gasteiger partial charge in [0.2, 0.25) is 0 Å². The van der Waals surface area contributed by atoms with Crippen molar-refractivity contribution in [1.29, 1.82) is 0 Å². The monoisotopic (exact) mass is 423 g/mol. The van der Waals surface area contributed by atoms with Crippen LogP contribution in [0.15, 0.2) is 35.3 Å². The van der Waals surface area contributed by atoms with E-state index < -0.39 is 9.84 Å².